The summed E-state index contributed by atoms with van der Waals surface area (Å²) in [6.45, 7) is 3.81. The van der Waals surface area contributed by atoms with Crippen LogP contribution in [0.5, 0.6) is 0 Å². The quantitative estimate of drug-likeness (QED) is 0.707. The van der Waals surface area contributed by atoms with Gasteiger partial charge in [0.1, 0.15) is 17.9 Å². The minimum absolute atomic E-state index is 0.480. The maximum atomic E-state index is 5.86. The molecule has 2 N–H and O–H groups in total. The molecule has 3 rings (SSSR count). The van der Waals surface area contributed by atoms with Gasteiger partial charge in [-0.1, -0.05) is 11.2 Å². The Hall–Kier alpha value is -2.43. The fourth-order valence-corrected chi connectivity index (χ4v) is 2.13. The second kappa shape index (κ2) is 3.80. The lowest BCUT2D eigenvalue weighted by Gasteiger charge is -2.04. The maximum absolute atomic E-state index is 5.86. The molecule has 0 bridgehead atoms. The number of nitrogens with zero attached hydrogens (tertiary/aromatic N) is 3. The van der Waals surface area contributed by atoms with Crippen molar-refractivity contribution < 1.29 is 4.52 Å². The number of aryl methyl sites for hydroxylation is 2. The van der Waals surface area contributed by atoms with Crippen LogP contribution < -0.4 is 5.73 Å². The van der Waals surface area contributed by atoms with Crippen molar-refractivity contribution in [2.24, 2.45) is 0 Å². The lowest BCUT2D eigenvalue weighted by atomic mass is 10.0. The Morgan fingerprint density at radius 1 is 1.17 bits per heavy atom. The van der Waals surface area contributed by atoms with Gasteiger partial charge < -0.3 is 10.3 Å². The maximum Gasteiger partial charge on any atom is 0.141 e. The Bertz CT molecular complexity index is 713. The van der Waals surface area contributed by atoms with E-state index in [1.54, 1.807) is 0 Å². The van der Waals surface area contributed by atoms with Crippen LogP contribution in [0.4, 0.5) is 5.82 Å². The van der Waals surface area contributed by atoms with Gasteiger partial charge in [0.15, 0.2) is 0 Å². The van der Waals surface area contributed by atoms with E-state index >= 15 is 0 Å². The van der Waals surface area contributed by atoms with Crippen LogP contribution in [0.1, 0.15) is 11.5 Å². The molecule has 3 aromatic rings. The summed E-state index contributed by atoms with van der Waals surface area (Å²) < 4.78 is 5.18. The smallest absolute Gasteiger partial charge is 0.141 e. The molecule has 0 atom stereocenters. The first-order valence-corrected chi connectivity index (χ1v) is 5.60. The van der Waals surface area contributed by atoms with E-state index in [1.165, 1.54) is 6.33 Å². The van der Waals surface area contributed by atoms with Crippen molar-refractivity contribution in [1.29, 1.82) is 0 Å². The SMILES string of the molecule is Cc1noc(C)c1-c1ccc2ncnc(N)c2c1. The standard InChI is InChI=1S/C13H12N4O/c1-7-12(8(2)18-17-7)9-3-4-11-10(5-9)13(14)16-6-15-11/h3-6H,1-2H3,(H2,14,15,16). The molecule has 0 aliphatic heterocycles. The topological polar surface area (TPSA) is 77.8 Å². The van der Waals surface area contributed by atoms with Gasteiger partial charge in [-0.3, -0.25) is 0 Å². The molecule has 1 aromatic carbocycles. The number of fused-ring (bicyclic) bond motifs is 1. The first kappa shape index (κ1) is 10.7. The molecular weight excluding hydrogens is 228 g/mol. The van der Waals surface area contributed by atoms with Crippen LogP contribution in [-0.4, -0.2) is 15.1 Å². The fraction of sp³-hybridized carbons (Fsp3) is 0.154. The molecule has 0 radical (unpaired) electrons. The number of nitrogens with two attached hydrogens (primary N) is 1. The number of nitrogen functional groups attached to an aromatic ring is 1. The summed E-state index contributed by atoms with van der Waals surface area (Å²) in [6, 6.07) is 5.88. The van der Waals surface area contributed by atoms with Gasteiger partial charge in [-0.25, -0.2) is 9.97 Å². The highest BCUT2D eigenvalue weighted by atomic mass is 16.5. The molecule has 5 nitrogen and oxygen atoms in total. The normalized spacial score (nSPS) is 11.0. The van der Waals surface area contributed by atoms with E-state index in [0.717, 1.165) is 33.5 Å². The second-order valence-electron chi connectivity index (χ2n) is 4.19. The Labute approximate surface area is 104 Å². The lowest BCUT2D eigenvalue weighted by molar-refractivity contribution is 0.393. The van der Waals surface area contributed by atoms with E-state index in [1.807, 2.05) is 32.0 Å². The first-order valence-electron chi connectivity index (χ1n) is 5.60. The number of hydrogen-bond acceptors (Lipinski definition) is 5. The van der Waals surface area contributed by atoms with Crippen LogP contribution in [-0.2, 0) is 0 Å². The number of rotatable bonds is 1. The molecule has 0 saturated carbocycles. The van der Waals surface area contributed by atoms with Crippen LogP contribution >= 0.6 is 0 Å². The number of hydrogen-bond donors (Lipinski definition) is 1. The van der Waals surface area contributed by atoms with Crippen LogP contribution in [0.3, 0.4) is 0 Å². The Morgan fingerprint density at radius 3 is 2.72 bits per heavy atom. The monoisotopic (exact) mass is 240 g/mol. The Kier molecular flexibility index (Phi) is 2.26. The van der Waals surface area contributed by atoms with Gasteiger partial charge in [0.05, 0.1) is 11.2 Å². The third-order valence-electron chi connectivity index (χ3n) is 2.99. The predicted molar refractivity (Wildman–Crippen MR) is 68.9 cm³/mol. The van der Waals surface area contributed by atoms with E-state index in [9.17, 15) is 0 Å². The van der Waals surface area contributed by atoms with E-state index in [4.69, 9.17) is 10.3 Å². The van der Waals surface area contributed by atoms with E-state index in [2.05, 4.69) is 15.1 Å². The summed E-state index contributed by atoms with van der Waals surface area (Å²) in [7, 11) is 0. The van der Waals surface area contributed by atoms with Crippen molar-refractivity contribution in [1.82, 2.24) is 15.1 Å². The molecule has 0 unspecified atom stereocenters. The van der Waals surface area contributed by atoms with E-state index in [0.29, 0.717) is 5.82 Å². The summed E-state index contributed by atoms with van der Waals surface area (Å²) in [5.74, 6) is 1.27. The van der Waals surface area contributed by atoms with Crippen molar-refractivity contribution in [3.8, 4) is 11.1 Å². The minimum Gasteiger partial charge on any atom is -0.383 e. The van der Waals surface area contributed by atoms with Gasteiger partial charge in [-0.15, -0.1) is 0 Å². The van der Waals surface area contributed by atoms with Gasteiger partial charge in [-0.2, -0.15) is 0 Å². The average molecular weight is 240 g/mol. The van der Waals surface area contributed by atoms with Crippen LogP contribution in [0, 0.1) is 13.8 Å². The van der Waals surface area contributed by atoms with Crippen molar-refractivity contribution in [3.63, 3.8) is 0 Å². The van der Waals surface area contributed by atoms with Crippen molar-refractivity contribution in [2.45, 2.75) is 13.8 Å². The third-order valence-corrected chi connectivity index (χ3v) is 2.99. The number of benzene rings is 1. The van der Waals surface area contributed by atoms with Crippen molar-refractivity contribution in [2.75, 3.05) is 5.73 Å². The summed E-state index contributed by atoms with van der Waals surface area (Å²) >= 11 is 0. The molecule has 0 fully saturated rings. The largest absolute Gasteiger partial charge is 0.383 e. The summed E-state index contributed by atoms with van der Waals surface area (Å²) in [4.78, 5) is 8.18. The average Bonchev–Trinajstić information content (AvgIpc) is 2.69. The summed E-state index contributed by atoms with van der Waals surface area (Å²) in [6.07, 6.45) is 1.47. The highest BCUT2D eigenvalue weighted by Gasteiger charge is 2.12. The number of aromatic nitrogens is 3. The van der Waals surface area contributed by atoms with Gasteiger partial charge in [0, 0.05) is 10.9 Å². The fourth-order valence-electron chi connectivity index (χ4n) is 2.13. The summed E-state index contributed by atoms with van der Waals surface area (Å²) in [5, 5.41) is 4.80. The zero-order valence-corrected chi connectivity index (χ0v) is 10.1. The van der Waals surface area contributed by atoms with Gasteiger partial charge in [0.2, 0.25) is 0 Å². The molecule has 2 heterocycles. The zero-order chi connectivity index (χ0) is 12.7. The molecule has 0 amide bonds. The molecule has 0 spiro atoms. The third kappa shape index (κ3) is 1.52. The van der Waals surface area contributed by atoms with Crippen LogP contribution in [0.2, 0.25) is 0 Å². The highest BCUT2D eigenvalue weighted by molar-refractivity contribution is 5.91. The molecule has 90 valence electrons. The Morgan fingerprint density at radius 2 is 2.00 bits per heavy atom. The van der Waals surface area contributed by atoms with Gasteiger partial charge in [0.25, 0.3) is 0 Å². The van der Waals surface area contributed by atoms with Gasteiger partial charge >= 0.3 is 0 Å². The van der Waals surface area contributed by atoms with Crippen LogP contribution in [0.25, 0.3) is 22.0 Å². The minimum atomic E-state index is 0.480. The van der Waals surface area contributed by atoms with Gasteiger partial charge in [-0.05, 0) is 31.5 Å². The van der Waals surface area contributed by atoms with E-state index < -0.39 is 0 Å². The molecule has 0 aliphatic rings. The zero-order valence-electron chi connectivity index (χ0n) is 10.1. The highest BCUT2D eigenvalue weighted by Crippen LogP contribution is 2.30. The molecular formula is C13H12N4O. The molecule has 0 saturated heterocycles. The van der Waals surface area contributed by atoms with E-state index in [-0.39, 0.29) is 0 Å². The lowest BCUT2D eigenvalue weighted by Crippen LogP contribution is -1.93. The number of anilines is 1. The molecule has 2 aromatic heterocycles. The Balaban J connectivity index is 2.29. The van der Waals surface area contributed by atoms with Crippen molar-refractivity contribution in [3.05, 3.63) is 36.0 Å². The summed E-state index contributed by atoms with van der Waals surface area (Å²) in [5.41, 5.74) is 9.57. The van der Waals surface area contributed by atoms with Crippen LogP contribution in [0.15, 0.2) is 29.0 Å². The molecule has 18 heavy (non-hydrogen) atoms. The van der Waals surface area contributed by atoms with Crippen molar-refractivity contribution >= 4 is 16.7 Å². The first-order chi connectivity index (χ1) is 8.66. The predicted octanol–water partition coefficient (Wildman–Crippen LogP) is 2.48. The molecule has 0 aliphatic carbocycles. The molecule has 5 heteroatoms. The second-order valence-corrected chi connectivity index (χ2v) is 4.19.